The number of hydrogen-bond acceptors (Lipinski definition) is 2. The van der Waals surface area contributed by atoms with E-state index in [1.807, 2.05) is 30.0 Å². The summed E-state index contributed by atoms with van der Waals surface area (Å²) in [5.41, 5.74) is 1.83. The third-order valence-electron chi connectivity index (χ3n) is 3.40. The minimum atomic E-state index is 0.157. The molecule has 0 N–H and O–H groups in total. The zero-order chi connectivity index (χ0) is 12.4. The van der Waals surface area contributed by atoms with Crippen molar-refractivity contribution in [3.8, 4) is 0 Å². The Labute approximate surface area is 108 Å². The first-order valence-electron chi connectivity index (χ1n) is 6.17. The molecule has 2 nitrogen and oxygen atoms in total. The fraction of sp³-hybridized carbons (Fsp3) is 0.500. The van der Waals surface area contributed by atoms with E-state index in [2.05, 4.69) is 19.6 Å². The number of carbonyl (C=O) groups excluding carboxylic acids is 1. The summed E-state index contributed by atoms with van der Waals surface area (Å²) >= 11 is 4.31. The van der Waals surface area contributed by atoms with Gasteiger partial charge in [0.25, 0.3) is 5.91 Å². The molecule has 1 aliphatic heterocycles. The lowest BCUT2D eigenvalue weighted by Gasteiger charge is -2.31. The molecule has 1 heterocycles. The van der Waals surface area contributed by atoms with Gasteiger partial charge in [-0.15, -0.1) is 12.6 Å². The Hall–Kier alpha value is -0.960. The van der Waals surface area contributed by atoms with E-state index in [0.717, 1.165) is 35.5 Å². The van der Waals surface area contributed by atoms with Gasteiger partial charge in [0.05, 0.1) is 0 Å². The van der Waals surface area contributed by atoms with Crippen LogP contribution >= 0.6 is 12.6 Å². The molecule has 0 spiro atoms. The van der Waals surface area contributed by atoms with Crippen LogP contribution in [-0.2, 0) is 0 Å². The summed E-state index contributed by atoms with van der Waals surface area (Å²) in [7, 11) is 0. The zero-order valence-electron chi connectivity index (χ0n) is 10.4. The first-order chi connectivity index (χ1) is 8.08. The number of carbonyl (C=O) groups is 1. The van der Waals surface area contributed by atoms with E-state index in [1.165, 1.54) is 6.42 Å². The van der Waals surface area contributed by atoms with Gasteiger partial charge in [-0.3, -0.25) is 4.79 Å². The summed E-state index contributed by atoms with van der Waals surface area (Å²) in [5.74, 6) is 0.775. The average molecular weight is 249 g/mol. The third kappa shape index (κ3) is 2.83. The second kappa shape index (κ2) is 5.13. The van der Waals surface area contributed by atoms with Gasteiger partial charge in [-0.1, -0.05) is 13.0 Å². The second-order valence-electron chi connectivity index (χ2n) is 5.00. The maximum atomic E-state index is 12.4. The number of hydrogen-bond donors (Lipinski definition) is 1. The number of benzene rings is 1. The molecule has 1 unspecified atom stereocenters. The van der Waals surface area contributed by atoms with Crippen molar-refractivity contribution in [1.82, 2.24) is 4.90 Å². The van der Waals surface area contributed by atoms with Crippen LogP contribution in [0.1, 0.15) is 35.7 Å². The maximum absolute atomic E-state index is 12.4. The van der Waals surface area contributed by atoms with Crippen LogP contribution in [-0.4, -0.2) is 23.9 Å². The average Bonchev–Trinajstić information content (AvgIpc) is 2.31. The molecule has 0 aliphatic carbocycles. The van der Waals surface area contributed by atoms with E-state index >= 15 is 0 Å². The van der Waals surface area contributed by atoms with Gasteiger partial charge in [0.1, 0.15) is 0 Å². The number of thiol groups is 1. The van der Waals surface area contributed by atoms with Crippen LogP contribution in [0.25, 0.3) is 0 Å². The summed E-state index contributed by atoms with van der Waals surface area (Å²) < 4.78 is 0. The van der Waals surface area contributed by atoms with E-state index in [9.17, 15) is 4.79 Å². The first kappa shape index (κ1) is 12.5. The number of nitrogens with zero attached hydrogens (tertiary/aromatic N) is 1. The van der Waals surface area contributed by atoms with Crippen molar-refractivity contribution in [3.63, 3.8) is 0 Å². The fourth-order valence-corrected chi connectivity index (χ4v) is 2.59. The van der Waals surface area contributed by atoms with Crippen LogP contribution in [0.2, 0.25) is 0 Å². The molecular weight excluding hydrogens is 230 g/mol. The Morgan fingerprint density at radius 2 is 2.24 bits per heavy atom. The monoisotopic (exact) mass is 249 g/mol. The first-order valence-corrected chi connectivity index (χ1v) is 6.61. The summed E-state index contributed by atoms with van der Waals surface area (Å²) in [6.45, 7) is 5.96. The molecule has 0 saturated carbocycles. The number of rotatable bonds is 1. The maximum Gasteiger partial charge on any atom is 0.254 e. The lowest BCUT2D eigenvalue weighted by molar-refractivity contribution is 0.0682. The summed E-state index contributed by atoms with van der Waals surface area (Å²) in [4.78, 5) is 15.2. The lowest BCUT2D eigenvalue weighted by Crippen LogP contribution is -2.39. The van der Waals surface area contributed by atoms with Crippen LogP contribution in [0.5, 0.6) is 0 Å². The largest absolute Gasteiger partial charge is 0.338 e. The topological polar surface area (TPSA) is 20.3 Å². The highest BCUT2D eigenvalue weighted by atomic mass is 32.1. The highest BCUT2D eigenvalue weighted by Gasteiger charge is 2.22. The molecule has 2 rings (SSSR count). The Bertz CT molecular complexity index is 430. The van der Waals surface area contributed by atoms with Crippen LogP contribution < -0.4 is 0 Å². The standard InChI is InChI=1S/C14H19NOS/c1-10-4-3-7-15(9-10)14(16)13-8-12(17)6-5-11(13)2/h5-6,8,10,17H,3-4,7,9H2,1-2H3. The van der Waals surface area contributed by atoms with E-state index in [0.29, 0.717) is 5.92 Å². The van der Waals surface area contributed by atoms with E-state index < -0.39 is 0 Å². The van der Waals surface area contributed by atoms with E-state index in [1.54, 1.807) is 0 Å². The van der Waals surface area contributed by atoms with Gasteiger partial charge in [0.2, 0.25) is 0 Å². The van der Waals surface area contributed by atoms with Gasteiger partial charge in [0, 0.05) is 23.5 Å². The van der Waals surface area contributed by atoms with Crippen molar-refractivity contribution in [2.75, 3.05) is 13.1 Å². The van der Waals surface area contributed by atoms with Gasteiger partial charge >= 0.3 is 0 Å². The van der Waals surface area contributed by atoms with Crippen LogP contribution in [0, 0.1) is 12.8 Å². The molecule has 0 bridgehead atoms. The van der Waals surface area contributed by atoms with Gasteiger partial charge in [-0.25, -0.2) is 0 Å². The van der Waals surface area contributed by atoms with E-state index in [-0.39, 0.29) is 5.91 Å². The second-order valence-corrected chi connectivity index (χ2v) is 5.51. The normalized spacial score (nSPS) is 20.4. The van der Waals surface area contributed by atoms with Crippen molar-refractivity contribution >= 4 is 18.5 Å². The molecular formula is C14H19NOS. The Morgan fingerprint density at radius 3 is 2.94 bits per heavy atom. The minimum Gasteiger partial charge on any atom is -0.338 e. The smallest absolute Gasteiger partial charge is 0.254 e. The summed E-state index contributed by atoms with van der Waals surface area (Å²) in [5, 5.41) is 0. The van der Waals surface area contributed by atoms with Gasteiger partial charge < -0.3 is 4.90 Å². The van der Waals surface area contributed by atoms with Crippen LogP contribution in [0.4, 0.5) is 0 Å². The molecule has 1 aliphatic rings. The molecule has 1 aromatic carbocycles. The van der Waals surface area contributed by atoms with Gasteiger partial charge in [0.15, 0.2) is 0 Å². The SMILES string of the molecule is Cc1ccc(S)cc1C(=O)N1CCCC(C)C1. The number of aryl methyl sites for hydroxylation is 1. The quantitative estimate of drug-likeness (QED) is 0.758. The predicted octanol–water partition coefficient (Wildman–Crippen LogP) is 3.16. The molecule has 0 aromatic heterocycles. The van der Waals surface area contributed by atoms with Crippen LogP contribution in [0.15, 0.2) is 23.1 Å². The van der Waals surface area contributed by atoms with Crippen molar-refractivity contribution < 1.29 is 4.79 Å². The Kier molecular flexibility index (Phi) is 3.77. The lowest BCUT2D eigenvalue weighted by atomic mass is 9.99. The molecule has 3 heteroatoms. The number of piperidine rings is 1. The minimum absolute atomic E-state index is 0.157. The molecule has 1 amide bonds. The fourth-order valence-electron chi connectivity index (χ4n) is 2.38. The van der Waals surface area contributed by atoms with Gasteiger partial charge in [-0.05, 0) is 43.4 Å². The summed E-state index contributed by atoms with van der Waals surface area (Å²) in [6, 6.07) is 5.76. The molecule has 1 aromatic rings. The number of amides is 1. The van der Waals surface area contributed by atoms with Crippen molar-refractivity contribution in [2.45, 2.75) is 31.6 Å². The predicted molar refractivity (Wildman–Crippen MR) is 72.7 cm³/mol. The zero-order valence-corrected chi connectivity index (χ0v) is 11.3. The summed E-state index contributed by atoms with van der Waals surface area (Å²) in [6.07, 6.45) is 2.35. The Balaban J connectivity index is 2.21. The molecule has 1 atom stereocenters. The van der Waals surface area contributed by atoms with Crippen molar-refractivity contribution in [1.29, 1.82) is 0 Å². The molecule has 17 heavy (non-hydrogen) atoms. The number of likely N-dealkylation sites (tertiary alicyclic amines) is 1. The highest BCUT2D eigenvalue weighted by molar-refractivity contribution is 7.80. The molecule has 1 saturated heterocycles. The van der Waals surface area contributed by atoms with Gasteiger partial charge in [-0.2, -0.15) is 0 Å². The molecule has 92 valence electrons. The van der Waals surface area contributed by atoms with Crippen molar-refractivity contribution in [2.24, 2.45) is 5.92 Å². The molecule has 1 fully saturated rings. The molecule has 0 radical (unpaired) electrons. The third-order valence-corrected chi connectivity index (χ3v) is 3.67. The van der Waals surface area contributed by atoms with Crippen LogP contribution in [0.3, 0.4) is 0 Å². The Morgan fingerprint density at radius 1 is 1.47 bits per heavy atom. The van der Waals surface area contributed by atoms with Crippen molar-refractivity contribution in [3.05, 3.63) is 29.3 Å². The van der Waals surface area contributed by atoms with E-state index in [4.69, 9.17) is 0 Å². The highest BCUT2D eigenvalue weighted by Crippen LogP contribution is 2.21.